The Bertz CT molecular complexity index is 1090. The second-order valence-corrected chi connectivity index (χ2v) is 7.09. The van der Waals surface area contributed by atoms with Crippen LogP contribution in [0.15, 0.2) is 79.0 Å². The number of nitrogens with zero attached hydrogens (tertiary/aromatic N) is 1. The minimum atomic E-state index is -0.514. The molecule has 0 saturated heterocycles. The second-order valence-electron chi connectivity index (χ2n) is 7.09. The van der Waals surface area contributed by atoms with Crippen molar-refractivity contribution in [2.24, 2.45) is 0 Å². The first-order valence-corrected chi connectivity index (χ1v) is 9.92. The van der Waals surface area contributed by atoms with Crippen molar-refractivity contribution >= 4 is 17.6 Å². The Hall–Kier alpha value is -4.13. The molecule has 0 atom stereocenters. The Balaban J connectivity index is 1.56. The molecule has 2 aromatic carbocycles. The Kier molecular flexibility index (Phi) is 7.59. The number of para-hydroxylation sites is 1. The van der Waals surface area contributed by atoms with Gasteiger partial charge in [-0.3, -0.25) is 4.79 Å². The van der Waals surface area contributed by atoms with Crippen molar-refractivity contribution in [2.45, 2.75) is 13.3 Å². The number of amides is 1. The average molecular weight is 432 g/mol. The summed E-state index contributed by atoms with van der Waals surface area (Å²) in [5.74, 6) is 0.955. The Morgan fingerprint density at radius 3 is 2.38 bits per heavy atom. The zero-order valence-corrected chi connectivity index (χ0v) is 18.0. The standard InChI is InChI=1S/C25H24N2O5/c1-17(2)16-31-19-9-11-20(12-10-19)32-24-13-8-18(15-26-24)14-23(28)27-22-7-5-4-6-21(22)25(29)30-3/h4-13,15H,1,14,16H2,2-3H3,(H,27,28). The molecule has 0 spiro atoms. The van der Waals surface area contributed by atoms with E-state index in [9.17, 15) is 9.59 Å². The molecule has 3 rings (SSSR count). The molecule has 32 heavy (non-hydrogen) atoms. The molecule has 1 amide bonds. The van der Waals surface area contributed by atoms with Crippen LogP contribution in [0.25, 0.3) is 0 Å². The number of nitrogens with one attached hydrogen (secondary N) is 1. The molecular weight excluding hydrogens is 408 g/mol. The molecule has 7 heteroatoms. The van der Waals surface area contributed by atoms with Gasteiger partial charge in [-0.25, -0.2) is 9.78 Å². The Morgan fingerprint density at radius 2 is 1.72 bits per heavy atom. The van der Waals surface area contributed by atoms with Crippen molar-refractivity contribution in [3.63, 3.8) is 0 Å². The molecule has 0 aliphatic rings. The van der Waals surface area contributed by atoms with E-state index in [1.165, 1.54) is 7.11 Å². The third kappa shape index (κ3) is 6.43. The first kappa shape index (κ1) is 22.6. The lowest BCUT2D eigenvalue weighted by molar-refractivity contribution is -0.115. The van der Waals surface area contributed by atoms with Crippen LogP contribution >= 0.6 is 0 Å². The van der Waals surface area contributed by atoms with Gasteiger partial charge in [0.2, 0.25) is 11.8 Å². The van der Waals surface area contributed by atoms with E-state index in [4.69, 9.17) is 14.2 Å². The lowest BCUT2D eigenvalue weighted by Crippen LogP contribution is -2.17. The van der Waals surface area contributed by atoms with Crippen molar-refractivity contribution < 1.29 is 23.8 Å². The van der Waals surface area contributed by atoms with Crippen molar-refractivity contribution in [1.29, 1.82) is 0 Å². The fourth-order valence-electron chi connectivity index (χ4n) is 2.77. The van der Waals surface area contributed by atoms with Crippen molar-refractivity contribution in [1.82, 2.24) is 4.98 Å². The number of pyridine rings is 1. The van der Waals surface area contributed by atoms with Gasteiger partial charge in [0, 0.05) is 12.3 Å². The number of benzene rings is 2. The largest absolute Gasteiger partial charge is 0.489 e. The van der Waals surface area contributed by atoms with Crippen LogP contribution in [-0.2, 0) is 16.0 Å². The van der Waals surface area contributed by atoms with Crippen LogP contribution in [0.3, 0.4) is 0 Å². The highest BCUT2D eigenvalue weighted by atomic mass is 16.5. The highest BCUT2D eigenvalue weighted by Gasteiger charge is 2.13. The van der Waals surface area contributed by atoms with Crippen LogP contribution in [0.2, 0.25) is 0 Å². The van der Waals surface area contributed by atoms with Gasteiger partial charge < -0.3 is 19.5 Å². The summed E-state index contributed by atoms with van der Waals surface area (Å²) < 4.78 is 16.0. The number of ether oxygens (including phenoxy) is 3. The summed E-state index contributed by atoms with van der Waals surface area (Å²) >= 11 is 0. The maximum atomic E-state index is 12.4. The number of aromatic nitrogens is 1. The smallest absolute Gasteiger partial charge is 0.339 e. The van der Waals surface area contributed by atoms with Crippen LogP contribution in [0.1, 0.15) is 22.8 Å². The number of carbonyl (C=O) groups excluding carboxylic acids is 2. The molecule has 0 bridgehead atoms. The van der Waals surface area contributed by atoms with E-state index in [0.717, 1.165) is 11.3 Å². The van der Waals surface area contributed by atoms with Crippen LogP contribution in [0.4, 0.5) is 5.69 Å². The molecule has 0 fully saturated rings. The van der Waals surface area contributed by atoms with E-state index in [2.05, 4.69) is 16.9 Å². The number of methoxy groups -OCH3 is 1. The zero-order chi connectivity index (χ0) is 22.9. The van der Waals surface area contributed by atoms with E-state index in [1.54, 1.807) is 54.7 Å². The fourth-order valence-corrected chi connectivity index (χ4v) is 2.77. The van der Waals surface area contributed by atoms with Crippen molar-refractivity contribution in [3.8, 4) is 17.4 Å². The normalized spacial score (nSPS) is 10.2. The number of esters is 1. The minimum Gasteiger partial charge on any atom is -0.489 e. The van der Waals surface area contributed by atoms with Crippen molar-refractivity contribution in [2.75, 3.05) is 19.0 Å². The molecule has 0 saturated carbocycles. The van der Waals surface area contributed by atoms with Crippen LogP contribution in [0, 0.1) is 0 Å². The fraction of sp³-hybridized carbons (Fsp3) is 0.160. The van der Waals surface area contributed by atoms with Crippen LogP contribution in [0.5, 0.6) is 17.4 Å². The maximum absolute atomic E-state index is 12.4. The summed E-state index contributed by atoms with van der Waals surface area (Å²) in [7, 11) is 1.29. The van der Waals surface area contributed by atoms with E-state index >= 15 is 0 Å². The number of hydrogen-bond donors (Lipinski definition) is 1. The predicted octanol–water partition coefficient (Wildman–Crippen LogP) is 4.80. The second kappa shape index (κ2) is 10.8. The summed E-state index contributed by atoms with van der Waals surface area (Å²) in [4.78, 5) is 28.5. The number of anilines is 1. The van der Waals surface area contributed by atoms with Gasteiger partial charge in [-0.2, -0.15) is 0 Å². The van der Waals surface area contributed by atoms with Gasteiger partial charge >= 0.3 is 5.97 Å². The van der Waals surface area contributed by atoms with E-state index in [1.807, 2.05) is 19.1 Å². The molecule has 0 unspecified atom stereocenters. The van der Waals surface area contributed by atoms with E-state index in [-0.39, 0.29) is 12.3 Å². The summed E-state index contributed by atoms with van der Waals surface area (Å²) in [5.41, 5.74) is 2.33. The third-order valence-corrected chi connectivity index (χ3v) is 4.30. The molecule has 7 nitrogen and oxygen atoms in total. The van der Waals surface area contributed by atoms with Gasteiger partial charge in [0.1, 0.15) is 18.1 Å². The van der Waals surface area contributed by atoms with E-state index < -0.39 is 5.97 Å². The van der Waals surface area contributed by atoms with Gasteiger partial charge in [0.25, 0.3) is 0 Å². The molecule has 1 heterocycles. The van der Waals surface area contributed by atoms with Gasteiger partial charge in [-0.15, -0.1) is 0 Å². The molecule has 164 valence electrons. The monoisotopic (exact) mass is 432 g/mol. The quantitative estimate of drug-likeness (QED) is 0.386. The topological polar surface area (TPSA) is 86.8 Å². The molecule has 3 aromatic rings. The third-order valence-electron chi connectivity index (χ3n) is 4.30. The highest BCUT2D eigenvalue weighted by molar-refractivity contribution is 6.01. The molecule has 0 radical (unpaired) electrons. The highest BCUT2D eigenvalue weighted by Crippen LogP contribution is 2.23. The minimum absolute atomic E-state index is 0.0948. The lowest BCUT2D eigenvalue weighted by atomic mass is 10.1. The summed E-state index contributed by atoms with van der Waals surface area (Å²) in [5, 5.41) is 2.74. The summed E-state index contributed by atoms with van der Waals surface area (Å²) in [6, 6.07) is 17.3. The molecular formula is C25H24N2O5. The number of hydrogen-bond acceptors (Lipinski definition) is 6. The number of carbonyl (C=O) groups is 2. The van der Waals surface area contributed by atoms with Gasteiger partial charge in [0.15, 0.2) is 0 Å². The van der Waals surface area contributed by atoms with E-state index in [0.29, 0.717) is 35.1 Å². The predicted molar refractivity (Wildman–Crippen MR) is 121 cm³/mol. The van der Waals surface area contributed by atoms with Gasteiger partial charge in [0.05, 0.1) is 24.8 Å². The Morgan fingerprint density at radius 1 is 1.00 bits per heavy atom. The maximum Gasteiger partial charge on any atom is 0.339 e. The SMILES string of the molecule is C=C(C)COc1ccc(Oc2ccc(CC(=O)Nc3ccccc3C(=O)OC)cn2)cc1. The summed E-state index contributed by atoms with van der Waals surface area (Å²) in [6.45, 7) is 6.17. The first-order chi connectivity index (χ1) is 15.4. The average Bonchev–Trinajstić information content (AvgIpc) is 2.79. The molecule has 0 aliphatic carbocycles. The molecule has 1 N–H and O–H groups in total. The summed E-state index contributed by atoms with van der Waals surface area (Å²) in [6.07, 6.45) is 1.67. The molecule has 0 aliphatic heterocycles. The van der Waals surface area contributed by atoms with Gasteiger partial charge in [-0.05, 0) is 54.5 Å². The zero-order valence-electron chi connectivity index (χ0n) is 18.0. The first-order valence-electron chi connectivity index (χ1n) is 9.92. The lowest BCUT2D eigenvalue weighted by Gasteiger charge is -2.10. The Labute approximate surface area is 186 Å². The van der Waals surface area contributed by atoms with Crippen molar-refractivity contribution in [3.05, 3.63) is 90.1 Å². The van der Waals surface area contributed by atoms with Gasteiger partial charge in [-0.1, -0.05) is 24.8 Å². The number of rotatable bonds is 9. The van der Waals surface area contributed by atoms with Crippen LogP contribution in [-0.4, -0.2) is 30.6 Å². The van der Waals surface area contributed by atoms with Crippen LogP contribution < -0.4 is 14.8 Å². The molecule has 1 aromatic heterocycles.